The lowest BCUT2D eigenvalue weighted by Crippen LogP contribution is -2.36. The molecule has 0 aliphatic carbocycles. The predicted octanol–water partition coefficient (Wildman–Crippen LogP) is 4.38. The van der Waals surface area contributed by atoms with Gasteiger partial charge in [0.25, 0.3) is 5.91 Å². The summed E-state index contributed by atoms with van der Waals surface area (Å²) in [6.07, 6.45) is 0. The zero-order valence-electron chi connectivity index (χ0n) is 16.9. The number of carbonyl (C=O) groups excluding carboxylic acids is 2. The van der Waals surface area contributed by atoms with Crippen LogP contribution in [0.5, 0.6) is 0 Å². The molecule has 1 atom stereocenters. The molecule has 0 saturated heterocycles. The highest BCUT2D eigenvalue weighted by atomic mass is 35.5. The van der Waals surface area contributed by atoms with Gasteiger partial charge in [-0.2, -0.15) is 5.10 Å². The highest BCUT2D eigenvalue weighted by Gasteiger charge is 2.24. The zero-order chi connectivity index (χ0) is 21.1. The standard InChI is InChI=1S/C21H24ClN3O3S/c1-5-24(11-13(2)21(27)28-4)19(26)18-10-16-14(3)23-25(20(16)29-18)12-15-8-6-7-9-17(15)22/h6-10,13H,5,11-12H2,1-4H3. The third kappa shape index (κ3) is 4.46. The number of aromatic nitrogens is 2. The van der Waals surface area contributed by atoms with Gasteiger partial charge in [-0.3, -0.25) is 14.3 Å². The van der Waals surface area contributed by atoms with Crippen molar-refractivity contribution in [2.75, 3.05) is 20.2 Å². The summed E-state index contributed by atoms with van der Waals surface area (Å²) in [6, 6.07) is 9.55. The number of aryl methyl sites for hydroxylation is 1. The quantitative estimate of drug-likeness (QED) is 0.518. The maximum absolute atomic E-state index is 13.1. The number of methoxy groups -OCH3 is 1. The van der Waals surface area contributed by atoms with Crippen LogP contribution in [0.4, 0.5) is 0 Å². The smallest absolute Gasteiger partial charge is 0.310 e. The molecule has 1 unspecified atom stereocenters. The number of rotatable bonds is 7. The minimum atomic E-state index is -0.379. The lowest BCUT2D eigenvalue weighted by atomic mass is 10.1. The van der Waals surface area contributed by atoms with E-state index in [2.05, 4.69) is 5.10 Å². The maximum Gasteiger partial charge on any atom is 0.310 e. The van der Waals surface area contributed by atoms with Gasteiger partial charge in [0.2, 0.25) is 0 Å². The van der Waals surface area contributed by atoms with Crippen LogP contribution in [0.2, 0.25) is 5.02 Å². The number of halogens is 1. The summed E-state index contributed by atoms with van der Waals surface area (Å²) in [5, 5.41) is 6.27. The van der Waals surface area contributed by atoms with Crippen LogP contribution < -0.4 is 0 Å². The van der Waals surface area contributed by atoms with Crippen LogP contribution in [0.15, 0.2) is 30.3 Å². The molecule has 0 bridgehead atoms. The van der Waals surface area contributed by atoms with E-state index in [0.29, 0.717) is 29.5 Å². The number of carbonyl (C=O) groups is 2. The van der Waals surface area contributed by atoms with Crippen LogP contribution in [0, 0.1) is 12.8 Å². The highest BCUT2D eigenvalue weighted by molar-refractivity contribution is 7.20. The number of esters is 1. The average molecular weight is 434 g/mol. The van der Waals surface area contributed by atoms with Crippen molar-refractivity contribution in [1.29, 1.82) is 0 Å². The molecule has 0 aliphatic heterocycles. The number of thiophene rings is 1. The Morgan fingerprint density at radius 3 is 2.72 bits per heavy atom. The Morgan fingerprint density at radius 2 is 2.07 bits per heavy atom. The van der Waals surface area contributed by atoms with E-state index in [4.69, 9.17) is 16.3 Å². The van der Waals surface area contributed by atoms with Crippen molar-refractivity contribution < 1.29 is 14.3 Å². The van der Waals surface area contributed by atoms with Crippen LogP contribution in [-0.2, 0) is 16.1 Å². The molecule has 154 valence electrons. The van der Waals surface area contributed by atoms with Crippen LogP contribution >= 0.6 is 22.9 Å². The Kier molecular flexibility index (Phi) is 6.59. The summed E-state index contributed by atoms with van der Waals surface area (Å²) in [6.45, 7) is 6.97. The first-order valence-corrected chi connectivity index (χ1v) is 10.6. The van der Waals surface area contributed by atoms with E-state index in [0.717, 1.165) is 21.5 Å². The molecule has 3 rings (SSSR count). The van der Waals surface area contributed by atoms with Gasteiger partial charge in [0, 0.05) is 23.5 Å². The molecule has 0 saturated carbocycles. The second-order valence-electron chi connectivity index (χ2n) is 6.93. The monoisotopic (exact) mass is 433 g/mol. The van der Waals surface area contributed by atoms with Gasteiger partial charge in [-0.1, -0.05) is 36.7 Å². The number of benzene rings is 1. The third-order valence-electron chi connectivity index (χ3n) is 4.86. The van der Waals surface area contributed by atoms with Gasteiger partial charge < -0.3 is 9.64 Å². The number of fused-ring (bicyclic) bond motifs is 1. The first-order valence-electron chi connectivity index (χ1n) is 9.43. The summed E-state index contributed by atoms with van der Waals surface area (Å²) >= 11 is 7.71. The van der Waals surface area contributed by atoms with Crippen LogP contribution in [0.25, 0.3) is 10.2 Å². The molecule has 2 heterocycles. The molecule has 29 heavy (non-hydrogen) atoms. The van der Waals surface area contributed by atoms with E-state index >= 15 is 0 Å². The number of hydrogen-bond acceptors (Lipinski definition) is 5. The minimum absolute atomic E-state index is 0.0897. The van der Waals surface area contributed by atoms with Gasteiger partial charge in [0.1, 0.15) is 4.83 Å². The van der Waals surface area contributed by atoms with Gasteiger partial charge in [0.05, 0.1) is 30.1 Å². The molecular formula is C21H24ClN3O3S. The van der Waals surface area contributed by atoms with Gasteiger partial charge in [-0.05, 0) is 31.5 Å². The van der Waals surface area contributed by atoms with Crippen molar-refractivity contribution in [3.63, 3.8) is 0 Å². The second-order valence-corrected chi connectivity index (χ2v) is 8.37. The Labute approximate surface area is 179 Å². The van der Waals surface area contributed by atoms with Gasteiger partial charge in [-0.15, -0.1) is 11.3 Å². The molecule has 2 aromatic heterocycles. The lowest BCUT2D eigenvalue weighted by Gasteiger charge is -2.22. The van der Waals surface area contributed by atoms with E-state index in [9.17, 15) is 9.59 Å². The van der Waals surface area contributed by atoms with E-state index in [1.165, 1.54) is 18.4 Å². The summed E-state index contributed by atoms with van der Waals surface area (Å²) in [4.78, 5) is 28.0. The molecule has 0 aliphatic rings. The predicted molar refractivity (Wildman–Crippen MR) is 116 cm³/mol. The summed E-state index contributed by atoms with van der Waals surface area (Å²) in [5.74, 6) is -0.789. The van der Waals surface area contributed by atoms with Crippen LogP contribution in [-0.4, -0.2) is 46.8 Å². The molecule has 0 N–H and O–H groups in total. The van der Waals surface area contributed by atoms with Crippen LogP contribution in [0.1, 0.15) is 34.8 Å². The van der Waals surface area contributed by atoms with Gasteiger partial charge in [-0.25, -0.2) is 0 Å². The zero-order valence-corrected chi connectivity index (χ0v) is 18.5. The van der Waals surface area contributed by atoms with E-state index < -0.39 is 0 Å². The summed E-state index contributed by atoms with van der Waals surface area (Å²) in [7, 11) is 1.36. The molecular weight excluding hydrogens is 410 g/mol. The summed E-state index contributed by atoms with van der Waals surface area (Å²) in [5.41, 5.74) is 1.84. The Morgan fingerprint density at radius 1 is 1.34 bits per heavy atom. The van der Waals surface area contributed by atoms with Gasteiger partial charge >= 0.3 is 5.97 Å². The average Bonchev–Trinajstić information content (AvgIpc) is 3.27. The number of nitrogens with zero attached hydrogens (tertiary/aromatic N) is 3. The third-order valence-corrected chi connectivity index (χ3v) is 6.37. The SMILES string of the molecule is CCN(CC(C)C(=O)OC)C(=O)c1cc2c(C)nn(Cc3ccccc3Cl)c2s1. The first-order chi connectivity index (χ1) is 13.8. The molecule has 8 heteroatoms. The fraction of sp³-hybridized carbons (Fsp3) is 0.381. The van der Waals surface area contributed by atoms with Crippen molar-refractivity contribution in [1.82, 2.24) is 14.7 Å². The van der Waals surface area contributed by atoms with Crippen molar-refractivity contribution in [3.05, 3.63) is 51.5 Å². The van der Waals surface area contributed by atoms with E-state index in [1.807, 2.05) is 48.9 Å². The Balaban J connectivity index is 1.88. The van der Waals surface area contributed by atoms with Crippen molar-refractivity contribution in [3.8, 4) is 0 Å². The fourth-order valence-electron chi connectivity index (χ4n) is 3.23. The number of amides is 1. The second kappa shape index (κ2) is 8.97. The minimum Gasteiger partial charge on any atom is -0.469 e. The first kappa shape index (κ1) is 21.3. The molecule has 0 radical (unpaired) electrons. The molecule has 1 aromatic carbocycles. The van der Waals surface area contributed by atoms with Crippen LogP contribution in [0.3, 0.4) is 0 Å². The molecule has 6 nitrogen and oxygen atoms in total. The molecule has 0 fully saturated rings. The molecule has 3 aromatic rings. The van der Waals surface area contributed by atoms with Crippen molar-refractivity contribution >= 4 is 45.0 Å². The van der Waals surface area contributed by atoms with Gasteiger partial charge in [0.15, 0.2) is 0 Å². The Bertz CT molecular complexity index is 1040. The topological polar surface area (TPSA) is 64.4 Å². The number of hydrogen-bond donors (Lipinski definition) is 0. The number of ether oxygens (including phenoxy) is 1. The summed E-state index contributed by atoms with van der Waals surface area (Å²) < 4.78 is 6.67. The van der Waals surface area contributed by atoms with Crippen molar-refractivity contribution in [2.45, 2.75) is 27.3 Å². The highest BCUT2D eigenvalue weighted by Crippen LogP contribution is 2.30. The largest absolute Gasteiger partial charge is 0.469 e. The fourth-order valence-corrected chi connectivity index (χ4v) is 4.56. The lowest BCUT2D eigenvalue weighted by molar-refractivity contribution is -0.145. The molecule has 1 amide bonds. The van der Waals surface area contributed by atoms with E-state index in [-0.39, 0.29) is 17.8 Å². The van der Waals surface area contributed by atoms with Crippen molar-refractivity contribution in [2.24, 2.45) is 5.92 Å². The van der Waals surface area contributed by atoms with E-state index in [1.54, 1.807) is 11.8 Å². The normalized spacial score (nSPS) is 12.2. The molecule has 0 spiro atoms. The Hall–Kier alpha value is -2.38. The maximum atomic E-state index is 13.1.